The predicted octanol–water partition coefficient (Wildman–Crippen LogP) is 2.94. The van der Waals surface area contributed by atoms with E-state index < -0.39 is 5.91 Å². The van der Waals surface area contributed by atoms with E-state index in [1.807, 2.05) is 44.2 Å². The van der Waals surface area contributed by atoms with Gasteiger partial charge in [-0.2, -0.15) is 0 Å². The first-order valence-corrected chi connectivity index (χ1v) is 8.48. The molecule has 0 spiro atoms. The lowest BCUT2D eigenvalue weighted by atomic mass is 10.2. The molecule has 4 N–H and O–H groups in total. The predicted molar refractivity (Wildman–Crippen MR) is 99.8 cm³/mol. The quantitative estimate of drug-likeness (QED) is 0.466. The number of rotatable bonds is 6. The van der Waals surface area contributed by atoms with E-state index in [1.54, 1.807) is 12.1 Å². The number of benzene rings is 1. The lowest BCUT2D eigenvalue weighted by Gasteiger charge is -2.15. The molecule has 0 saturated carbocycles. The second kappa shape index (κ2) is 7.77. The van der Waals surface area contributed by atoms with Gasteiger partial charge in [0.1, 0.15) is 23.6 Å². The molecule has 0 radical (unpaired) electrons. The molecular weight excluding hydrogens is 332 g/mol. The van der Waals surface area contributed by atoms with Crippen LogP contribution in [-0.2, 0) is 6.54 Å². The maximum Gasteiger partial charge on any atom is 0.284 e. The molecule has 7 nitrogen and oxygen atoms in total. The summed E-state index contributed by atoms with van der Waals surface area (Å²) in [6.45, 7) is 4.99. The van der Waals surface area contributed by atoms with E-state index in [9.17, 15) is 4.79 Å². The monoisotopic (exact) mass is 354 g/mol. The third-order valence-corrected chi connectivity index (χ3v) is 3.87. The third-order valence-electron chi connectivity index (χ3n) is 3.87. The molecular formula is C19H22N4O3. The van der Waals surface area contributed by atoms with Gasteiger partial charge in [0, 0.05) is 11.9 Å². The number of nitrogens with zero attached hydrogens (tertiary/aromatic N) is 1. The molecule has 0 saturated heterocycles. The summed E-state index contributed by atoms with van der Waals surface area (Å²) in [4.78, 5) is 15.6. The van der Waals surface area contributed by atoms with Crippen LogP contribution < -0.4 is 16.4 Å². The lowest BCUT2D eigenvalue weighted by Crippen LogP contribution is -2.38. The summed E-state index contributed by atoms with van der Waals surface area (Å²) in [6.07, 6.45) is 0. The Morgan fingerprint density at radius 3 is 2.73 bits per heavy atom. The Bertz CT molecular complexity index is 893. The molecule has 2 aromatic heterocycles. The second-order valence-corrected chi connectivity index (χ2v) is 5.88. The molecule has 1 amide bonds. The van der Waals surface area contributed by atoms with Gasteiger partial charge in [0.25, 0.3) is 5.91 Å². The van der Waals surface area contributed by atoms with Crippen molar-refractivity contribution in [1.29, 1.82) is 0 Å². The van der Waals surface area contributed by atoms with Gasteiger partial charge >= 0.3 is 0 Å². The van der Waals surface area contributed by atoms with E-state index in [0.717, 1.165) is 16.7 Å². The Morgan fingerprint density at radius 1 is 1.23 bits per heavy atom. The van der Waals surface area contributed by atoms with E-state index in [4.69, 9.17) is 14.6 Å². The first-order chi connectivity index (χ1) is 12.6. The number of furan rings is 2. The normalized spacial score (nSPS) is 12.9. The highest BCUT2D eigenvalue weighted by Crippen LogP contribution is 2.23. The van der Waals surface area contributed by atoms with Crippen LogP contribution in [0.15, 0.2) is 56.3 Å². The molecule has 2 heterocycles. The number of fused-ring (bicyclic) bond motifs is 1. The Kier molecular flexibility index (Phi) is 5.26. The van der Waals surface area contributed by atoms with Crippen LogP contribution >= 0.6 is 0 Å². The van der Waals surface area contributed by atoms with Gasteiger partial charge < -0.3 is 25.2 Å². The van der Waals surface area contributed by atoms with Crippen molar-refractivity contribution in [2.24, 2.45) is 10.7 Å². The fourth-order valence-corrected chi connectivity index (χ4v) is 2.56. The standard InChI is InChI=1S/C19H22N4O3/c1-3-21-19(22-11-14-8-9-16(25-14)18(20)24)23-12(2)17-10-13-6-4-5-7-15(13)26-17/h4-10,12H,3,11H2,1-2H3,(H2,20,24)(H2,21,22,23). The molecule has 3 rings (SSSR count). The van der Waals surface area contributed by atoms with Crippen LogP contribution in [0, 0.1) is 0 Å². The minimum absolute atomic E-state index is 0.0713. The molecule has 0 aliphatic heterocycles. The lowest BCUT2D eigenvalue weighted by molar-refractivity contribution is 0.0972. The topological polar surface area (TPSA) is 106 Å². The van der Waals surface area contributed by atoms with Gasteiger partial charge in [0.15, 0.2) is 11.7 Å². The number of amides is 1. The zero-order valence-corrected chi connectivity index (χ0v) is 14.8. The van der Waals surface area contributed by atoms with Crippen molar-refractivity contribution >= 4 is 22.8 Å². The maximum absolute atomic E-state index is 11.1. The summed E-state index contributed by atoms with van der Waals surface area (Å²) < 4.78 is 11.2. The van der Waals surface area contributed by atoms with E-state index in [2.05, 4.69) is 15.6 Å². The Labute approximate surface area is 151 Å². The first-order valence-electron chi connectivity index (χ1n) is 8.48. The van der Waals surface area contributed by atoms with Gasteiger partial charge in [0.2, 0.25) is 0 Å². The third kappa shape index (κ3) is 4.05. The fourth-order valence-electron chi connectivity index (χ4n) is 2.56. The summed E-state index contributed by atoms with van der Waals surface area (Å²) in [5.74, 6) is 1.54. The minimum atomic E-state index is -0.594. The fraction of sp³-hybridized carbons (Fsp3) is 0.263. The number of primary amides is 1. The molecule has 0 aliphatic rings. The van der Waals surface area contributed by atoms with Crippen LogP contribution in [0.4, 0.5) is 0 Å². The molecule has 7 heteroatoms. The number of hydrogen-bond acceptors (Lipinski definition) is 4. The van der Waals surface area contributed by atoms with Gasteiger partial charge in [0.05, 0.1) is 6.04 Å². The SMILES string of the molecule is CCNC(=NCc1ccc(C(N)=O)o1)NC(C)c1cc2ccccc2o1. The van der Waals surface area contributed by atoms with E-state index >= 15 is 0 Å². The summed E-state index contributed by atoms with van der Waals surface area (Å²) in [6, 6.07) is 13.1. The number of hydrogen-bond donors (Lipinski definition) is 3. The molecule has 0 aliphatic carbocycles. The molecule has 0 fully saturated rings. The van der Waals surface area contributed by atoms with Gasteiger partial charge in [-0.05, 0) is 38.1 Å². The zero-order chi connectivity index (χ0) is 18.5. The molecule has 136 valence electrons. The molecule has 1 atom stereocenters. The van der Waals surface area contributed by atoms with Crippen LogP contribution in [0.3, 0.4) is 0 Å². The minimum Gasteiger partial charge on any atom is -0.459 e. The van der Waals surface area contributed by atoms with Gasteiger partial charge in [-0.3, -0.25) is 4.79 Å². The highest BCUT2D eigenvalue weighted by atomic mass is 16.4. The summed E-state index contributed by atoms with van der Waals surface area (Å²) in [5.41, 5.74) is 6.04. The highest BCUT2D eigenvalue weighted by Gasteiger charge is 2.13. The van der Waals surface area contributed by atoms with Crippen molar-refractivity contribution in [2.45, 2.75) is 26.4 Å². The summed E-state index contributed by atoms with van der Waals surface area (Å²) in [7, 11) is 0. The molecule has 1 aromatic carbocycles. The van der Waals surface area contributed by atoms with Gasteiger partial charge in [-0.25, -0.2) is 4.99 Å². The highest BCUT2D eigenvalue weighted by molar-refractivity contribution is 5.89. The van der Waals surface area contributed by atoms with Crippen molar-refractivity contribution in [2.75, 3.05) is 6.54 Å². The molecule has 1 unspecified atom stereocenters. The van der Waals surface area contributed by atoms with E-state index in [1.165, 1.54) is 0 Å². The Morgan fingerprint density at radius 2 is 2.04 bits per heavy atom. The van der Waals surface area contributed by atoms with Crippen molar-refractivity contribution in [3.05, 3.63) is 59.7 Å². The maximum atomic E-state index is 11.1. The summed E-state index contributed by atoms with van der Waals surface area (Å²) >= 11 is 0. The number of aliphatic imine (C=N–C) groups is 1. The first kappa shape index (κ1) is 17.6. The van der Waals surface area contributed by atoms with Crippen molar-refractivity contribution in [3.63, 3.8) is 0 Å². The number of carbonyl (C=O) groups is 1. The zero-order valence-electron chi connectivity index (χ0n) is 14.8. The van der Waals surface area contributed by atoms with Crippen LogP contribution in [-0.4, -0.2) is 18.4 Å². The van der Waals surface area contributed by atoms with E-state index in [0.29, 0.717) is 18.3 Å². The van der Waals surface area contributed by atoms with Crippen LogP contribution in [0.25, 0.3) is 11.0 Å². The Hall–Kier alpha value is -3.22. The number of nitrogens with two attached hydrogens (primary N) is 1. The largest absolute Gasteiger partial charge is 0.459 e. The van der Waals surface area contributed by atoms with E-state index in [-0.39, 0.29) is 18.3 Å². The van der Waals surface area contributed by atoms with Crippen LogP contribution in [0.2, 0.25) is 0 Å². The molecule has 26 heavy (non-hydrogen) atoms. The van der Waals surface area contributed by atoms with Crippen molar-refractivity contribution < 1.29 is 13.6 Å². The van der Waals surface area contributed by atoms with Crippen molar-refractivity contribution in [1.82, 2.24) is 10.6 Å². The average molecular weight is 354 g/mol. The number of para-hydroxylation sites is 1. The van der Waals surface area contributed by atoms with Gasteiger partial charge in [-0.1, -0.05) is 18.2 Å². The van der Waals surface area contributed by atoms with Crippen LogP contribution in [0.1, 0.15) is 42.0 Å². The smallest absolute Gasteiger partial charge is 0.284 e. The van der Waals surface area contributed by atoms with Crippen molar-refractivity contribution in [3.8, 4) is 0 Å². The van der Waals surface area contributed by atoms with Gasteiger partial charge in [-0.15, -0.1) is 0 Å². The molecule has 0 bridgehead atoms. The second-order valence-electron chi connectivity index (χ2n) is 5.88. The van der Waals surface area contributed by atoms with Crippen LogP contribution in [0.5, 0.6) is 0 Å². The number of carbonyl (C=O) groups excluding carboxylic acids is 1. The molecule has 3 aromatic rings. The summed E-state index contributed by atoms with van der Waals surface area (Å²) in [5, 5.41) is 7.55. The Balaban J connectivity index is 1.70. The average Bonchev–Trinajstić information content (AvgIpc) is 3.26. The number of guanidine groups is 1. The number of nitrogens with one attached hydrogen (secondary N) is 2.